The SMILES string of the molecule is CC1(NC(=O)NCC(O)C(=O)O)CCCCC1. The van der Waals surface area contributed by atoms with E-state index in [1.807, 2.05) is 6.92 Å². The maximum atomic E-state index is 11.5. The molecule has 0 radical (unpaired) electrons. The Morgan fingerprint density at radius 1 is 1.29 bits per heavy atom. The van der Waals surface area contributed by atoms with Gasteiger partial charge in [0.25, 0.3) is 0 Å². The van der Waals surface area contributed by atoms with Crippen molar-refractivity contribution in [1.29, 1.82) is 0 Å². The van der Waals surface area contributed by atoms with Gasteiger partial charge in [0.05, 0.1) is 6.54 Å². The fraction of sp³-hybridized carbons (Fsp3) is 0.818. The van der Waals surface area contributed by atoms with Crippen LogP contribution < -0.4 is 10.6 Å². The molecule has 1 aliphatic rings. The topological polar surface area (TPSA) is 98.7 Å². The van der Waals surface area contributed by atoms with E-state index in [2.05, 4.69) is 10.6 Å². The summed E-state index contributed by atoms with van der Waals surface area (Å²) in [7, 11) is 0. The lowest BCUT2D eigenvalue weighted by atomic mass is 9.83. The van der Waals surface area contributed by atoms with Crippen molar-refractivity contribution in [3.63, 3.8) is 0 Å². The van der Waals surface area contributed by atoms with Crippen molar-refractivity contribution in [2.75, 3.05) is 6.54 Å². The van der Waals surface area contributed by atoms with Crippen molar-refractivity contribution in [1.82, 2.24) is 10.6 Å². The van der Waals surface area contributed by atoms with E-state index in [9.17, 15) is 9.59 Å². The zero-order valence-corrected chi connectivity index (χ0v) is 10.0. The molecule has 0 aromatic heterocycles. The van der Waals surface area contributed by atoms with Gasteiger partial charge in [-0.15, -0.1) is 0 Å². The summed E-state index contributed by atoms with van der Waals surface area (Å²) in [6.07, 6.45) is 3.68. The fourth-order valence-corrected chi connectivity index (χ4v) is 2.05. The molecule has 0 heterocycles. The highest BCUT2D eigenvalue weighted by atomic mass is 16.4. The van der Waals surface area contributed by atoms with Crippen molar-refractivity contribution >= 4 is 12.0 Å². The third-order valence-corrected chi connectivity index (χ3v) is 3.11. The number of hydrogen-bond acceptors (Lipinski definition) is 3. The van der Waals surface area contributed by atoms with E-state index in [-0.39, 0.29) is 12.1 Å². The summed E-state index contributed by atoms with van der Waals surface area (Å²) in [6.45, 7) is 1.70. The van der Waals surface area contributed by atoms with Crippen LogP contribution in [0.25, 0.3) is 0 Å². The summed E-state index contributed by atoms with van der Waals surface area (Å²) < 4.78 is 0. The molecular formula is C11H20N2O4. The third-order valence-electron chi connectivity index (χ3n) is 3.11. The van der Waals surface area contributed by atoms with Crippen LogP contribution in [0.3, 0.4) is 0 Å². The van der Waals surface area contributed by atoms with Gasteiger partial charge >= 0.3 is 12.0 Å². The Bertz CT molecular complexity index is 287. The minimum atomic E-state index is -1.56. The number of hydrogen-bond donors (Lipinski definition) is 4. The van der Waals surface area contributed by atoms with E-state index in [1.54, 1.807) is 0 Å². The van der Waals surface area contributed by atoms with E-state index in [0.29, 0.717) is 0 Å². The van der Waals surface area contributed by atoms with Gasteiger partial charge in [-0.25, -0.2) is 9.59 Å². The Morgan fingerprint density at radius 2 is 1.88 bits per heavy atom. The van der Waals surface area contributed by atoms with Crippen LogP contribution in [-0.2, 0) is 4.79 Å². The number of carboxylic acid groups (broad SMARTS) is 1. The monoisotopic (exact) mass is 244 g/mol. The van der Waals surface area contributed by atoms with Gasteiger partial charge < -0.3 is 20.8 Å². The Balaban J connectivity index is 2.31. The first-order valence-electron chi connectivity index (χ1n) is 5.90. The molecule has 1 rings (SSSR count). The zero-order valence-electron chi connectivity index (χ0n) is 10.0. The molecule has 2 amide bonds. The molecule has 1 unspecified atom stereocenters. The fourth-order valence-electron chi connectivity index (χ4n) is 2.05. The summed E-state index contributed by atoms with van der Waals surface area (Å²) >= 11 is 0. The highest BCUT2D eigenvalue weighted by Gasteiger charge is 2.28. The van der Waals surface area contributed by atoms with Gasteiger partial charge in [-0.05, 0) is 19.8 Å². The highest BCUT2D eigenvalue weighted by Crippen LogP contribution is 2.27. The lowest BCUT2D eigenvalue weighted by molar-refractivity contribution is -0.146. The van der Waals surface area contributed by atoms with Gasteiger partial charge in [0, 0.05) is 5.54 Å². The Kier molecular flexibility index (Phi) is 4.74. The number of urea groups is 1. The molecular weight excluding hydrogens is 224 g/mol. The first-order valence-corrected chi connectivity index (χ1v) is 5.90. The summed E-state index contributed by atoms with van der Waals surface area (Å²) in [4.78, 5) is 21.9. The second kappa shape index (κ2) is 5.86. The maximum absolute atomic E-state index is 11.5. The van der Waals surface area contributed by atoms with Crippen LogP contribution in [0, 0.1) is 0 Å². The highest BCUT2D eigenvalue weighted by molar-refractivity contribution is 5.77. The van der Waals surface area contributed by atoms with Crippen LogP contribution in [0.2, 0.25) is 0 Å². The van der Waals surface area contributed by atoms with Gasteiger partial charge in [0.15, 0.2) is 6.10 Å². The van der Waals surface area contributed by atoms with Gasteiger partial charge in [0.2, 0.25) is 0 Å². The number of aliphatic carboxylic acids is 1. The third kappa shape index (κ3) is 4.60. The lowest BCUT2D eigenvalue weighted by Gasteiger charge is -2.34. The van der Waals surface area contributed by atoms with Crippen LogP contribution in [0.1, 0.15) is 39.0 Å². The second-order valence-corrected chi connectivity index (χ2v) is 4.81. The molecule has 17 heavy (non-hydrogen) atoms. The summed E-state index contributed by atoms with van der Waals surface area (Å²) in [5, 5.41) is 22.6. The molecule has 1 atom stereocenters. The van der Waals surface area contributed by atoms with E-state index in [1.165, 1.54) is 6.42 Å². The van der Waals surface area contributed by atoms with E-state index >= 15 is 0 Å². The molecule has 4 N–H and O–H groups in total. The average Bonchev–Trinajstić information content (AvgIpc) is 2.26. The van der Waals surface area contributed by atoms with Crippen molar-refractivity contribution in [2.45, 2.75) is 50.7 Å². The molecule has 0 aliphatic heterocycles. The summed E-state index contributed by atoms with van der Waals surface area (Å²) in [5.41, 5.74) is -0.212. The predicted molar refractivity (Wildman–Crippen MR) is 61.7 cm³/mol. The minimum absolute atomic E-state index is 0.212. The molecule has 0 bridgehead atoms. The van der Waals surface area contributed by atoms with Crippen LogP contribution in [0.15, 0.2) is 0 Å². The predicted octanol–water partition coefficient (Wildman–Crippen LogP) is 0.454. The number of carboxylic acids is 1. The van der Waals surface area contributed by atoms with Crippen molar-refractivity contribution in [3.05, 3.63) is 0 Å². The second-order valence-electron chi connectivity index (χ2n) is 4.81. The molecule has 6 nitrogen and oxygen atoms in total. The largest absolute Gasteiger partial charge is 0.479 e. The average molecular weight is 244 g/mol. The summed E-state index contributed by atoms with van der Waals surface area (Å²) in [5.74, 6) is -1.34. The van der Waals surface area contributed by atoms with Gasteiger partial charge in [-0.1, -0.05) is 19.3 Å². The Morgan fingerprint density at radius 3 is 2.41 bits per heavy atom. The molecule has 98 valence electrons. The molecule has 1 aliphatic carbocycles. The van der Waals surface area contributed by atoms with Crippen molar-refractivity contribution in [3.8, 4) is 0 Å². The molecule has 6 heteroatoms. The molecule has 1 saturated carbocycles. The number of carbonyl (C=O) groups is 2. The lowest BCUT2D eigenvalue weighted by Crippen LogP contribution is -2.52. The van der Waals surface area contributed by atoms with E-state index in [0.717, 1.165) is 25.7 Å². The van der Waals surface area contributed by atoms with E-state index in [4.69, 9.17) is 10.2 Å². The molecule has 0 aromatic rings. The van der Waals surface area contributed by atoms with Crippen molar-refractivity contribution < 1.29 is 19.8 Å². The maximum Gasteiger partial charge on any atom is 0.334 e. The van der Waals surface area contributed by atoms with Crippen LogP contribution in [0.4, 0.5) is 4.79 Å². The molecule has 0 saturated heterocycles. The molecule has 0 spiro atoms. The molecule has 1 fully saturated rings. The first kappa shape index (κ1) is 13.8. The number of rotatable bonds is 4. The van der Waals surface area contributed by atoms with Gasteiger partial charge in [0.1, 0.15) is 0 Å². The zero-order chi connectivity index (χ0) is 12.9. The Labute approximate surface area is 100 Å². The van der Waals surface area contributed by atoms with Crippen LogP contribution in [0.5, 0.6) is 0 Å². The van der Waals surface area contributed by atoms with Gasteiger partial charge in [-0.3, -0.25) is 0 Å². The van der Waals surface area contributed by atoms with Gasteiger partial charge in [-0.2, -0.15) is 0 Å². The standard InChI is InChI=1S/C11H20N2O4/c1-11(5-3-2-4-6-11)13-10(17)12-7-8(14)9(15)16/h8,14H,2-7H2,1H3,(H,15,16)(H2,12,13,17). The van der Waals surface area contributed by atoms with Crippen LogP contribution >= 0.6 is 0 Å². The number of nitrogens with one attached hydrogen (secondary N) is 2. The minimum Gasteiger partial charge on any atom is -0.479 e. The summed E-state index contributed by atoms with van der Waals surface area (Å²) in [6, 6.07) is -0.422. The quantitative estimate of drug-likeness (QED) is 0.577. The van der Waals surface area contributed by atoms with E-state index < -0.39 is 18.1 Å². The number of amides is 2. The number of aliphatic hydroxyl groups is 1. The number of aliphatic hydroxyl groups excluding tert-OH is 1. The molecule has 0 aromatic carbocycles. The van der Waals surface area contributed by atoms with Crippen LogP contribution in [-0.4, -0.2) is 40.4 Å². The smallest absolute Gasteiger partial charge is 0.334 e. The number of carbonyl (C=O) groups excluding carboxylic acids is 1. The Hall–Kier alpha value is -1.30. The normalized spacial score (nSPS) is 20.4. The van der Waals surface area contributed by atoms with Crippen molar-refractivity contribution in [2.24, 2.45) is 0 Å². The first-order chi connectivity index (χ1) is 7.93.